The molecule has 0 bridgehead atoms. The largest absolute Gasteiger partial charge is 0.314 e. The summed E-state index contributed by atoms with van der Waals surface area (Å²) in [5.74, 6) is 0. The first kappa shape index (κ1) is 12.0. The summed E-state index contributed by atoms with van der Waals surface area (Å²) in [5, 5.41) is 3.58. The Balaban J connectivity index is 2.13. The Labute approximate surface area is 89.1 Å². The maximum Gasteiger partial charge on any atom is 0.00815 e. The van der Waals surface area contributed by atoms with Gasteiger partial charge < -0.3 is 5.32 Å². The fourth-order valence-corrected chi connectivity index (χ4v) is 2.14. The molecule has 0 aromatic carbocycles. The minimum atomic E-state index is 0.677. The number of nitrogens with zero attached hydrogens (tertiary/aromatic N) is 1. The first-order chi connectivity index (χ1) is 6.65. The predicted octanol–water partition coefficient (Wildman–Crippen LogP) is 2.25. The molecule has 1 atom stereocenters. The summed E-state index contributed by atoms with van der Waals surface area (Å²) in [6.07, 6.45) is 4.08. The van der Waals surface area contributed by atoms with Crippen LogP contribution in [0.1, 0.15) is 47.0 Å². The summed E-state index contributed by atoms with van der Waals surface area (Å²) in [4.78, 5) is 2.56. The smallest absolute Gasteiger partial charge is 0.00815 e. The normalized spacial score (nSPS) is 19.3. The molecule has 2 nitrogen and oxygen atoms in total. The molecule has 0 radical (unpaired) electrons. The van der Waals surface area contributed by atoms with E-state index in [1.165, 1.54) is 32.4 Å². The molecule has 0 aromatic heterocycles. The summed E-state index contributed by atoms with van der Waals surface area (Å²) in [5.41, 5.74) is 0. The molecular formula is C12H26N2. The molecule has 0 spiro atoms. The van der Waals surface area contributed by atoms with Crippen molar-refractivity contribution >= 4 is 0 Å². The van der Waals surface area contributed by atoms with Gasteiger partial charge in [-0.15, -0.1) is 0 Å². The van der Waals surface area contributed by atoms with Gasteiger partial charge in [-0.1, -0.05) is 6.92 Å². The SMILES string of the molecule is CCN(C(C)C)C(C)CCNC1CC1. The Kier molecular flexibility index (Phi) is 4.90. The predicted molar refractivity (Wildman–Crippen MR) is 62.6 cm³/mol. The molecular weight excluding hydrogens is 172 g/mol. The zero-order valence-corrected chi connectivity index (χ0v) is 10.2. The molecule has 1 aliphatic carbocycles. The Morgan fingerprint density at radius 1 is 1.29 bits per heavy atom. The number of nitrogens with one attached hydrogen (secondary N) is 1. The van der Waals surface area contributed by atoms with E-state index < -0.39 is 0 Å². The lowest BCUT2D eigenvalue weighted by molar-refractivity contribution is 0.165. The molecule has 1 fully saturated rings. The average Bonchev–Trinajstić information content (AvgIpc) is 2.88. The van der Waals surface area contributed by atoms with Crippen LogP contribution in [0.3, 0.4) is 0 Å². The van der Waals surface area contributed by atoms with E-state index in [4.69, 9.17) is 0 Å². The fourth-order valence-electron chi connectivity index (χ4n) is 2.14. The van der Waals surface area contributed by atoms with Crippen molar-refractivity contribution < 1.29 is 0 Å². The van der Waals surface area contributed by atoms with E-state index in [-0.39, 0.29) is 0 Å². The molecule has 0 saturated heterocycles. The highest BCUT2D eigenvalue weighted by Gasteiger charge is 2.21. The molecule has 1 aliphatic rings. The Hall–Kier alpha value is -0.0800. The van der Waals surface area contributed by atoms with Crippen molar-refractivity contribution in [1.29, 1.82) is 0 Å². The van der Waals surface area contributed by atoms with Crippen LogP contribution in [0.4, 0.5) is 0 Å². The molecule has 0 aromatic rings. The molecule has 0 amide bonds. The van der Waals surface area contributed by atoms with Gasteiger partial charge in [0.2, 0.25) is 0 Å². The molecule has 84 valence electrons. The lowest BCUT2D eigenvalue weighted by atomic mass is 10.1. The highest BCUT2D eigenvalue weighted by Crippen LogP contribution is 2.18. The second-order valence-electron chi connectivity index (χ2n) is 4.79. The van der Waals surface area contributed by atoms with E-state index in [1.807, 2.05) is 0 Å². The van der Waals surface area contributed by atoms with Gasteiger partial charge >= 0.3 is 0 Å². The van der Waals surface area contributed by atoms with E-state index in [2.05, 4.69) is 37.9 Å². The molecule has 1 unspecified atom stereocenters. The summed E-state index contributed by atoms with van der Waals surface area (Å²) in [6.45, 7) is 11.5. The third-order valence-corrected chi connectivity index (χ3v) is 3.17. The van der Waals surface area contributed by atoms with Gasteiger partial charge in [-0.05, 0) is 53.1 Å². The van der Waals surface area contributed by atoms with E-state index in [9.17, 15) is 0 Å². The Morgan fingerprint density at radius 2 is 1.93 bits per heavy atom. The zero-order chi connectivity index (χ0) is 10.6. The third kappa shape index (κ3) is 3.97. The van der Waals surface area contributed by atoms with Crippen LogP contribution >= 0.6 is 0 Å². The maximum absolute atomic E-state index is 3.58. The first-order valence-corrected chi connectivity index (χ1v) is 6.14. The number of hydrogen-bond donors (Lipinski definition) is 1. The van der Waals surface area contributed by atoms with Gasteiger partial charge in [0.05, 0.1) is 0 Å². The number of hydrogen-bond acceptors (Lipinski definition) is 2. The van der Waals surface area contributed by atoms with Gasteiger partial charge in [-0.2, -0.15) is 0 Å². The van der Waals surface area contributed by atoms with Crippen LogP contribution in [-0.4, -0.2) is 36.1 Å². The first-order valence-electron chi connectivity index (χ1n) is 6.14. The Bertz CT molecular complexity index is 152. The van der Waals surface area contributed by atoms with Crippen molar-refractivity contribution in [3.63, 3.8) is 0 Å². The molecule has 0 heterocycles. The summed E-state index contributed by atoms with van der Waals surface area (Å²) in [6, 6.07) is 2.25. The maximum atomic E-state index is 3.58. The topological polar surface area (TPSA) is 15.3 Å². The standard InChI is InChI=1S/C12H26N2/c1-5-14(10(2)3)11(4)8-9-13-12-6-7-12/h10-13H,5-9H2,1-4H3. The average molecular weight is 198 g/mol. The van der Waals surface area contributed by atoms with Crippen molar-refractivity contribution in [1.82, 2.24) is 10.2 Å². The second-order valence-corrected chi connectivity index (χ2v) is 4.79. The molecule has 1 rings (SSSR count). The van der Waals surface area contributed by atoms with Crippen LogP contribution in [0, 0.1) is 0 Å². The lowest BCUT2D eigenvalue weighted by Gasteiger charge is -2.31. The minimum Gasteiger partial charge on any atom is -0.314 e. The quantitative estimate of drug-likeness (QED) is 0.675. The summed E-state index contributed by atoms with van der Waals surface area (Å²) < 4.78 is 0. The molecule has 1 N–H and O–H groups in total. The van der Waals surface area contributed by atoms with Crippen LogP contribution in [-0.2, 0) is 0 Å². The molecule has 0 aliphatic heterocycles. The highest BCUT2D eigenvalue weighted by atomic mass is 15.2. The Morgan fingerprint density at radius 3 is 2.36 bits per heavy atom. The monoisotopic (exact) mass is 198 g/mol. The molecule has 14 heavy (non-hydrogen) atoms. The van der Waals surface area contributed by atoms with E-state index in [0.717, 1.165) is 6.04 Å². The van der Waals surface area contributed by atoms with Gasteiger partial charge in [0.25, 0.3) is 0 Å². The van der Waals surface area contributed by atoms with Crippen molar-refractivity contribution in [3.8, 4) is 0 Å². The second kappa shape index (κ2) is 5.72. The van der Waals surface area contributed by atoms with Crippen LogP contribution in [0.2, 0.25) is 0 Å². The zero-order valence-electron chi connectivity index (χ0n) is 10.2. The van der Waals surface area contributed by atoms with Gasteiger partial charge in [-0.25, -0.2) is 0 Å². The van der Waals surface area contributed by atoms with Crippen LogP contribution in [0.15, 0.2) is 0 Å². The lowest BCUT2D eigenvalue weighted by Crippen LogP contribution is -2.40. The van der Waals surface area contributed by atoms with Crippen LogP contribution in [0.25, 0.3) is 0 Å². The minimum absolute atomic E-state index is 0.677. The molecule has 2 heteroatoms. The third-order valence-electron chi connectivity index (χ3n) is 3.17. The van der Waals surface area contributed by atoms with Crippen molar-refractivity contribution in [2.75, 3.05) is 13.1 Å². The molecule has 1 saturated carbocycles. The van der Waals surface area contributed by atoms with E-state index >= 15 is 0 Å². The summed E-state index contributed by atoms with van der Waals surface area (Å²) in [7, 11) is 0. The van der Waals surface area contributed by atoms with Crippen LogP contribution < -0.4 is 5.32 Å². The summed E-state index contributed by atoms with van der Waals surface area (Å²) >= 11 is 0. The van der Waals surface area contributed by atoms with E-state index in [1.54, 1.807) is 0 Å². The van der Waals surface area contributed by atoms with Gasteiger partial charge in [0, 0.05) is 18.1 Å². The van der Waals surface area contributed by atoms with E-state index in [0.29, 0.717) is 12.1 Å². The number of rotatable bonds is 7. The van der Waals surface area contributed by atoms with Gasteiger partial charge in [0.15, 0.2) is 0 Å². The van der Waals surface area contributed by atoms with Crippen molar-refractivity contribution in [2.45, 2.75) is 65.1 Å². The van der Waals surface area contributed by atoms with Crippen molar-refractivity contribution in [2.24, 2.45) is 0 Å². The highest BCUT2D eigenvalue weighted by molar-refractivity contribution is 4.81. The van der Waals surface area contributed by atoms with Crippen molar-refractivity contribution in [3.05, 3.63) is 0 Å². The van der Waals surface area contributed by atoms with Crippen LogP contribution in [0.5, 0.6) is 0 Å². The van der Waals surface area contributed by atoms with Gasteiger partial charge in [0.1, 0.15) is 0 Å². The van der Waals surface area contributed by atoms with Gasteiger partial charge in [-0.3, -0.25) is 4.90 Å². The fraction of sp³-hybridized carbons (Fsp3) is 1.00.